The third-order valence-corrected chi connectivity index (χ3v) is 4.74. The van der Waals surface area contributed by atoms with E-state index in [0.717, 1.165) is 18.4 Å². The summed E-state index contributed by atoms with van der Waals surface area (Å²) in [6.45, 7) is 0.469. The molecule has 2 aliphatic heterocycles. The Kier molecular flexibility index (Phi) is 5.04. The molecule has 3 rings (SSSR count). The minimum atomic E-state index is -0.439. The fourth-order valence-electron chi connectivity index (χ4n) is 3.25. The number of halogens is 1. The van der Waals surface area contributed by atoms with E-state index in [-0.39, 0.29) is 30.3 Å². The lowest BCUT2D eigenvalue weighted by Gasteiger charge is -2.28. The molecule has 3 amide bonds. The van der Waals surface area contributed by atoms with Crippen LogP contribution in [0.3, 0.4) is 0 Å². The van der Waals surface area contributed by atoms with Gasteiger partial charge in [-0.2, -0.15) is 0 Å². The van der Waals surface area contributed by atoms with Crippen LogP contribution in [0.2, 0.25) is 5.02 Å². The summed E-state index contributed by atoms with van der Waals surface area (Å²) in [6.07, 6.45) is 2.46. The van der Waals surface area contributed by atoms with Crippen LogP contribution in [0.1, 0.15) is 24.8 Å². The zero-order valence-corrected chi connectivity index (χ0v) is 14.0. The van der Waals surface area contributed by atoms with Crippen LogP contribution in [0, 0.1) is 0 Å². The van der Waals surface area contributed by atoms with Crippen molar-refractivity contribution < 1.29 is 14.4 Å². The molecule has 1 aromatic carbocycles. The minimum absolute atomic E-state index is 0.0401. The molecule has 6 nitrogen and oxygen atoms in total. The largest absolute Gasteiger partial charge is 0.351 e. The second-order valence-corrected chi connectivity index (χ2v) is 6.70. The van der Waals surface area contributed by atoms with Crippen LogP contribution in [-0.2, 0) is 20.8 Å². The number of hydrogen-bond acceptors (Lipinski definition) is 3. The van der Waals surface area contributed by atoms with E-state index in [1.165, 1.54) is 0 Å². The summed E-state index contributed by atoms with van der Waals surface area (Å²) < 4.78 is 0. The van der Waals surface area contributed by atoms with Gasteiger partial charge in [-0.25, -0.2) is 0 Å². The normalized spacial score (nSPS) is 23.0. The van der Waals surface area contributed by atoms with Crippen LogP contribution in [-0.4, -0.2) is 47.8 Å². The third-order valence-electron chi connectivity index (χ3n) is 4.49. The molecule has 0 radical (unpaired) electrons. The molecule has 7 heteroatoms. The van der Waals surface area contributed by atoms with E-state index >= 15 is 0 Å². The van der Waals surface area contributed by atoms with E-state index in [2.05, 4.69) is 10.6 Å². The van der Waals surface area contributed by atoms with Gasteiger partial charge in [-0.1, -0.05) is 23.7 Å². The lowest BCUT2D eigenvalue weighted by molar-refractivity contribution is -0.143. The monoisotopic (exact) mass is 349 g/mol. The van der Waals surface area contributed by atoms with Crippen molar-refractivity contribution in [1.82, 2.24) is 15.5 Å². The fraction of sp³-hybridized carbons (Fsp3) is 0.471. The molecule has 2 fully saturated rings. The first-order valence-corrected chi connectivity index (χ1v) is 8.52. The van der Waals surface area contributed by atoms with Crippen molar-refractivity contribution in [3.8, 4) is 0 Å². The molecule has 0 unspecified atom stereocenters. The number of hydrogen-bond donors (Lipinski definition) is 2. The number of piperazine rings is 1. The van der Waals surface area contributed by atoms with Crippen molar-refractivity contribution >= 4 is 29.3 Å². The van der Waals surface area contributed by atoms with Crippen molar-refractivity contribution in [2.24, 2.45) is 0 Å². The van der Waals surface area contributed by atoms with Gasteiger partial charge >= 0.3 is 0 Å². The summed E-state index contributed by atoms with van der Waals surface area (Å²) in [6, 6.07) is 7.01. The number of nitrogens with zero attached hydrogens (tertiary/aromatic N) is 1. The average Bonchev–Trinajstić information content (AvgIpc) is 2.98. The van der Waals surface area contributed by atoms with Crippen LogP contribution >= 0.6 is 11.6 Å². The second kappa shape index (κ2) is 7.21. The molecule has 1 aromatic rings. The van der Waals surface area contributed by atoms with E-state index in [0.29, 0.717) is 24.4 Å². The summed E-state index contributed by atoms with van der Waals surface area (Å²) in [5.41, 5.74) is 1.15. The quantitative estimate of drug-likeness (QED) is 0.828. The predicted molar refractivity (Wildman–Crippen MR) is 89.4 cm³/mol. The molecule has 2 heterocycles. The Labute approximate surface area is 145 Å². The SMILES string of the molecule is O=C(CCCc1ccc(Cl)cc1)N[C@H]1C[C@H]2C(=O)NCC(=O)N2C1. The van der Waals surface area contributed by atoms with Gasteiger partial charge in [0.1, 0.15) is 6.04 Å². The molecule has 0 aromatic heterocycles. The van der Waals surface area contributed by atoms with Gasteiger partial charge in [0, 0.05) is 24.0 Å². The Bertz CT molecular complexity index is 623. The summed E-state index contributed by atoms with van der Waals surface area (Å²) >= 11 is 5.84. The Morgan fingerprint density at radius 1 is 1.29 bits per heavy atom. The number of nitrogens with one attached hydrogen (secondary N) is 2. The van der Waals surface area contributed by atoms with Crippen molar-refractivity contribution in [3.63, 3.8) is 0 Å². The van der Waals surface area contributed by atoms with E-state index in [1.54, 1.807) is 4.90 Å². The number of rotatable bonds is 5. The van der Waals surface area contributed by atoms with Gasteiger partial charge in [0.25, 0.3) is 0 Å². The standard InChI is InChI=1S/C17H20ClN3O3/c18-12-6-4-11(5-7-12)2-1-3-15(22)20-13-8-14-17(24)19-9-16(23)21(14)10-13/h4-7,13-14H,1-3,8-10H2,(H,19,24)(H,20,22)/t13-,14-/m0/s1. The number of carbonyl (C=O) groups excluding carboxylic acids is 3. The Hall–Kier alpha value is -2.08. The maximum absolute atomic E-state index is 12.1. The second-order valence-electron chi connectivity index (χ2n) is 6.26. The van der Waals surface area contributed by atoms with Crippen molar-refractivity contribution in [1.29, 1.82) is 0 Å². The number of aryl methyl sites for hydroxylation is 1. The van der Waals surface area contributed by atoms with Gasteiger partial charge in [-0.05, 0) is 37.0 Å². The Morgan fingerprint density at radius 3 is 2.75 bits per heavy atom. The number of amides is 3. The van der Waals surface area contributed by atoms with E-state index in [9.17, 15) is 14.4 Å². The minimum Gasteiger partial charge on any atom is -0.351 e. The molecule has 2 atom stereocenters. The molecular weight excluding hydrogens is 330 g/mol. The molecule has 0 aliphatic carbocycles. The smallest absolute Gasteiger partial charge is 0.243 e. The van der Waals surface area contributed by atoms with Gasteiger partial charge in [0.05, 0.1) is 6.54 Å². The highest BCUT2D eigenvalue weighted by molar-refractivity contribution is 6.30. The highest BCUT2D eigenvalue weighted by Gasteiger charge is 2.42. The first kappa shape index (κ1) is 16.8. The first-order chi connectivity index (χ1) is 11.5. The summed E-state index contributed by atoms with van der Waals surface area (Å²) in [5.74, 6) is -0.255. The first-order valence-electron chi connectivity index (χ1n) is 8.14. The molecular formula is C17H20ClN3O3. The summed E-state index contributed by atoms with van der Waals surface area (Å²) in [5, 5.41) is 6.22. The number of carbonyl (C=O) groups is 3. The van der Waals surface area contributed by atoms with Gasteiger partial charge in [-0.15, -0.1) is 0 Å². The van der Waals surface area contributed by atoms with E-state index < -0.39 is 6.04 Å². The Balaban J connectivity index is 1.43. The fourth-order valence-corrected chi connectivity index (χ4v) is 3.38. The maximum atomic E-state index is 12.1. The summed E-state index contributed by atoms with van der Waals surface area (Å²) in [7, 11) is 0. The van der Waals surface area contributed by atoms with Crippen LogP contribution < -0.4 is 10.6 Å². The van der Waals surface area contributed by atoms with Crippen LogP contribution in [0.15, 0.2) is 24.3 Å². The molecule has 2 N–H and O–H groups in total. The molecule has 128 valence electrons. The topological polar surface area (TPSA) is 78.5 Å². The van der Waals surface area contributed by atoms with Crippen LogP contribution in [0.25, 0.3) is 0 Å². The van der Waals surface area contributed by atoms with E-state index in [1.807, 2.05) is 24.3 Å². The molecule has 2 aliphatic rings. The van der Waals surface area contributed by atoms with Gasteiger partial charge in [0.2, 0.25) is 17.7 Å². The zero-order chi connectivity index (χ0) is 17.1. The Morgan fingerprint density at radius 2 is 2.04 bits per heavy atom. The van der Waals surface area contributed by atoms with Crippen molar-refractivity contribution in [2.45, 2.75) is 37.8 Å². The maximum Gasteiger partial charge on any atom is 0.243 e. The third kappa shape index (κ3) is 3.87. The molecule has 24 heavy (non-hydrogen) atoms. The molecule has 0 bridgehead atoms. The van der Waals surface area contributed by atoms with Gasteiger partial charge < -0.3 is 15.5 Å². The number of fused-ring (bicyclic) bond motifs is 1. The van der Waals surface area contributed by atoms with Gasteiger partial charge in [0.15, 0.2) is 0 Å². The van der Waals surface area contributed by atoms with Crippen LogP contribution in [0.4, 0.5) is 0 Å². The lowest BCUT2D eigenvalue weighted by atomic mass is 10.1. The van der Waals surface area contributed by atoms with E-state index in [4.69, 9.17) is 11.6 Å². The number of benzene rings is 1. The molecule has 2 saturated heterocycles. The predicted octanol–water partition coefficient (Wildman–Crippen LogP) is 0.878. The summed E-state index contributed by atoms with van der Waals surface area (Å²) in [4.78, 5) is 37.2. The molecule has 0 spiro atoms. The van der Waals surface area contributed by atoms with Crippen LogP contribution in [0.5, 0.6) is 0 Å². The van der Waals surface area contributed by atoms with Gasteiger partial charge in [-0.3, -0.25) is 14.4 Å². The van der Waals surface area contributed by atoms with Crippen molar-refractivity contribution in [3.05, 3.63) is 34.9 Å². The highest BCUT2D eigenvalue weighted by Crippen LogP contribution is 2.20. The van der Waals surface area contributed by atoms with Crippen molar-refractivity contribution in [2.75, 3.05) is 13.1 Å². The molecule has 0 saturated carbocycles. The highest BCUT2D eigenvalue weighted by atomic mass is 35.5. The average molecular weight is 350 g/mol. The lowest BCUT2D eigenvalue weighted by Crippen LogP contribution is -2.55. The zero-order valence-electron chi connectivity index (χ0n) is 13.3.